The lowest BCUT2D eigenvalue weighted by atomic mass is 10.1. The number of fused-ring (bicyclic) bond motifs is 1. The standard InChI is InChI=1S/C25H24N2O3/c1-18-8-5-6-12-21(18)25(29)26-20-13-14-23-22(16-20)27(24(28)17-30-23)15-7-11-19-9-3-2-4-10-19/h2-6,8-10,12-14,16H,7,11,15,17H2,1H3,(H,26,29). The Morgan fingerprint density at radius 2 is 1.80 bits per heavy atom. The molecular formula is C25H24N2O3. The maximum Gasteiger partial charge on any atom is 0.265 e. The normalized spacial score (nSPS) is 12.8. The van der Waals surface area contributed by atoms with E-state index in [0.29, 0.717) is 29.2 Å². The molecule has 30 heavy (non-hydrogen) atoms. The van der Waals surface area contributed by atoms with Crippen molar-refractivity contribution >= 4 is 23.2 Å². The summed E-state index contributed by atoms with van der Waals surface area (Å²) >= 11 is 0. The number of amides is 2. The first-order chi connectivity index (χ1) is 14.6. The van der Waals surface area contributed by atoms with Crippen LogP contribution in [0.3, 0.4) is 0 Å². The summed E-state index contributed by atoms with van der Waals surface area (Å²) in [5.41, 5.74) is 4.12. The van der Waals surface area contributed by atoms with Gasteiger partial charge in [0.25, 0.3) is 11.8 Å². The van der Waals surface area contributed by atoms with E-state index in [1.807, 2.05) is 49.4 Å². The third-order valence-corrected chi connectivity index (χ3v) is 5.24. The summed E-state index contributed by atoms with van der Waals surface area (Å²) < 4.78 is 5.59. The molecule has 4 rings (SSSR count). The molecule has 5 heteroatoms. The lowest BCUT2D eigenvalue weighted by Crippen LogP contribution is -2.39. The Kier molecular flexibility index (Phi) is 5.80. The van der Waals surface area contributed by atoms with Crippen molar-refractivity contribution in [2.75, 3.05) is 23.4 Å². The lowest BCUT2D eigenvalue weighted by Gasteiger charge is -2.30. The zero-order valence-electron chi connectivity index (χ0n) is 16.9. The van der Waals surface area contributed by atoms with Gasteiger partial charge in [0.15, 0.2) is 6.61 Å². The number of aryl methyl sites for hydroxylation is 2. The van der Waals surface area contributed by atoms with Crippen molar-refractivity contribution in [3.63, 3.8) is 0 Å². The second-order valence-corrected chi connectivity index (χ2v) is 7.37. The molecule has 3 aromatic carbocycles. The molecule has 0 unspecified atom stereocenters. The first-order valence-corrected chi connectivity index (χ1v) is 10.1. The highest BCUT2D eigenvalue weighted by Crippen LogP contribution is 2.35. The number of carbonyl (C=O) groups excluding carboxylic acids is 2. The van der Waals surface area contributed by atoms with E-state index in [0.717, 1.165) is 18.4 Å². The third-order valence-electron chi connectivity index (χ3n) is 5.24. The molecule has 0 aliphatic carbocycles. The summed E-state index contributed by atoms with van der Waals surface area (Å²) in [4.78, 5) is 26.9. The SMILES string of the molecule is Cc1ccccc1C(=O)Nc1ccc2c(c1)N(CCCc1ccccc1)C(=O)CO2. The molecule has 152 valence electrons. The van der Waals surface area contributed by atoms with E-state index in [1.54, 1.807) is 23.1 Å². The van der Waals surface area contributed by atoms with Gasteiger partial charge in [-0.25, -0.2) is 0 Å². The van der Waals surface area contributed by atoms with E-state index in [1.165, 1.54) is 5.56 Å². The van der Waals surface area contributed by atoms with Gasteiger partial charge in [-0.05, 0) is 55.2 Å². The monoisotopic (exact) mass is 400 g/mol. The molecule has 1 aliphatic rings. The van der Waals surface area contributed by atoms with Crippen LogP contribution >= 0.6 is 0 Å². The summed E-state index contributed by atoms with van der Waals surface area (Å²) in [6.45, 7) is 2.54. The number of hydrogen-bond donors (Lipinski definition) is 1. The highest BCUT2D eigenvalue weighted by Gasteiger charge is 2.25. The molecule has 5 nitrogen and oxygen atoms in total. The second-order valence-electron chi connectivity index (χ2n) is 7.37. The quantitative estimate of drug-likeness (QED) is 0.658. The summed E-state index contributed by atoms with van der Waals surface area (Å²) in [5, 5.41) is 2.93. The van der Waals surface area contributed by atoms with Crippen LogP contribution in [0, 0.1) is 6.92 Å². The fraction of sp³-hybridized carbons (Fsp3) is 0.200. The minimum atomic E-state index is -0.174. The van der Waals surface area contributed by atoms with Crippen LogP contribution in [0.15, 0.2) is 72.8 Å². The first kappa shape index (κ1) is 19.7. The van der Waals surface area contributed by atoms with Gasteiger partial charge in [0.2, 0.25) is 0 Å². The van der Waals surface area contributed by atoms with Gasteiger partial charge in [0, 0.05) is 17.8 Å². The van der Waals surface area contributed by atoms with Gasteiger partial charge in [-0.3, -0.25) is 9.59 Å². The van der Waals surface area contributed by atoms with Crippen molar-refractivity contribution < 1.29 is 14.3 Å². The molecule has 0 bridgehead atoms. The highest BCUT2D eigenvalue weighted by atomic mass is 16.5. The highest BCUT2D eigenvalue weighted by molar-refractivity contribution is 6.06. The lowest BCUT2D eigenvalue weighted by molar-refractivity contribution is -0.121. The molecule has 0 fully saturated rings. The minimum absolute atomic E-state index is 0.0350. The van der Waals surface area contributed by atoms with Crippen molar-refractivity contribution in [2.45, 2.75) is 19.8 Å². The van der Waals surface area contributed by atoms with Crippen LogP contribution in [0.25, 0.3) is 0 Å². The van der Waals surface area contributed by atoms with Crippen LogP contribution in [-0.4, -0.2) is 25.0 Å². The molecule has 1 heterocycles. The van der Waals surface area contributed by atoms with Gasteiger partial charge in [0.05, 0.1) is 5.69 Å². The summed E-state index contributed by atoms with van der Waals surface area (Å²) in [5.74, 6) is 0.410. The van der Waals surface area contributed by atoms with E-state index in [-0.39, 0.29) is 18.4 Å². The van der Waals surface area contributed by atoms with Gasteiger partial charge < -0.3 is 15.0 Å². The predicted molar refractivity (Wildman–Crippen MR) is 118 cm³/mol. The van der Waals surface area contributed by atoms with Crippen LogP contribution in [-0.2, 0) is 11.2 Å². The van der Waals surface area contributed by atoms with Crippen LogP contribution < -0.4 is 15.0 Å². The van der Waals surface area contributed by atoms with Crippen LogP contribution in [0.1, 0.15) is 27.9 Å². The predicted octanol–water partition coefficient (Wildman–Crippen LogP) is 4.61. The van der Waals surface area contributed by atoms with E-state index in [2.05, 4.69) is 17.4 Å². The van der Waals surface area contributed by atoms with Crippen LogP contribution in [0.5, 0.6) is 5.75 Å². The third kappa shape index (κ3) is 4.35. The molecule has 1 N–H and O–H groups in total. The number of hydrogen-bond acceptors (Lipinski definition) is 3. The molecule has 0 saturated heterocycles. The van der Waals surface area contributed by atoms with E-state index < -0.39 is 0 Å². The number of nitrogens with zero attached hydrogens (tertiary/aromatic N) is 1. The largest absolute Gasteiger partial charge is 0.482 e. The van der Waals surface area contributed by atoms with Gasteiger partial charge in [-0.2, -0.15) is 0 Å². The number of carbonyl (C=O) groups is 2. The van der Waals surface area contributed by atoms with E-state index in [4.69, 9.17) is 4.74 Å². The maximum absolute atomic E-state index is 12.7. The molecule has 0 radical (unpaired) electrons. The summed E-state index contributed by atoms with van der Waals surface area (Å²) in [6.07, 6.45) is 1.74. The average molecular weight is 400 g/mol. The second kappa shape index (κ2) is 8.82. The number of ether oxygens (including phenoxy) is 1. The Labute approximate surface area is 176 Å². The Morgan fingerprint density at radius 3 is 2.60 bits per heavy atom. The van der Waals surface area contributed by atoms with Crippen molar-refractivity contribution in [1.82, 2.24) is 0 Å². The van der Waals surface area contributed by atoms with Crippen molar-refractivity contribution in [3.8, 4) is 5.75 Å². The molecule has 0 saturated carbocycles. The number of benzene rings is 3. The van der Waals surface area contributed by atoms with Crippen molar-refractivity contribution in [1.29, 1.82) is 0 Å². The Morgan fingerprint density at radius 1 is 1.03 bits per heavy atom. The van der Waals surface area contributed by atoms with Gasteiger partial charge >= 0.3 is 0 Å². The number of nitrogens with one attached hydrogen (secondary N) is 1. The van der Waals surface area contributed by atoms with Gasteiger partial charge in [0.1, 0.15) is 5.75 Å². The maximum atomic E-state index is 12.7. The van der Waals surface area contributed by atoms with E-state index in [9.17, 15) is 9.59 Å². The Hall–Kier alpha value is -3.60. The Balaban J connectivity index is 1.50. The fourth-order valence-electron chi connectivity index (χ4n) is 3.64. The molecule has 0 aromatic heterocycles. The molecule has 0 atom stereocenters. The molecule has 1 aliphatic heterocycles. The fourth-order valence-corrected chi connectivity index (χ4v) is 3.64. The smallest absolute Gasteiger partial charge is 0.265 e. The topological polar surface area (TPSA) is 58.6 Å². The van der Waals surface area contributed by atoms with Gasteiger partial charge in [-0.1, -0.05) is 48.5 Å². The Bertz CT molecular complexity index is 1060. The zero-order chi connectivity index (χ0) is 20.9. The molecule has 0 spiro atoms. The van der Waals surface area contributed by atoms with Crippen LogP contribution in [0.4, 0.5) is 11.4 Å². The van der Waals surface area contributed by atoms with Crippen molar-refractivity contribution in [3.05, 3.63) is 89.5 Å². The molecule has 3 aromatic rings. The summed E-state index contributed by atoms with van der Waals surface area (Å²) in [7, 11) is 0. The van der Waals surface area contributed by atoms with Crippen LogP contribution in [0.2, 0.25) is 0 Å². The first-order valence-electron chi connectivity index (χ1n) is 10.1. The number of rotatable bonds is 6. The van der Waals surface area contributed by atoms with Crippen molar-refractivity contribution in [2.24, 2.45) is 0 Å². The van der Waals surface area contributed by atoms with Gasteiger partial charge in [-0.15, -0.1) is 0 Å². The molecule has 2 amide bonds. The average Bonchev–Trinajstić information content (AvgIpc) is 2.76. The zero-order valence-corrected chi connectivity index (χ0v) is 16.9. The summed E-state index contributed by atoms with van der Waals surface area (Å²) in [6, 6.07) is 23.1. The minimum Gasteiger partial charge on any atom is -0.482 e. The molecular weight excluding hydrogens is 376 g/mol. The number of anilines is 2. The van der Waals surface area contributed by atoms with E-state index >= 15 is 0 Å².